The van der Waals surface area contributed by atoms with E-state index in [-0.39, 0.29) is 36.4 Å². The van der Waals surface area contributed by atoms with Crippen LogP contribution in [0.5, 0.6) is 0 Å². The van der Waals surface area contributed by atoms with Crippen LogP contribution in [0.2, 0.25) is 4.55 Å². The van der Waals surface area contributed by atoms with Crippen molar-refractivity contribution in [3.05, 3.63) is 48.6 Å². The summed E-state index contributed by atoms with van der Waals surface area (Å²) in [6.45, 7) is 3.56. The van der Waals surface area contributed by atoms with Crippen molar-refractivity contribution in [2.45, 2.75) is 9.10 Å². The molecule has 0 saturated carbocycles. The van der Waals surface area contributed by atoms with Crippen molar-refractivity contribution in [1.29, 1.82) is 0 Å². The zero-order valence-corrected chi connectivity index (χ0v) is 14.3. The number of rotatable bonds is 4. The Morgan fingerprint density at radius 3 is 2.14 bits per heavy atom. The van der Waals surface area contributed by atoms with E-state index in [9.17, 15) is 0 Å². The molecule has 0 aliphatic rings. The fourth-order valence-corrected chi connectivity index (χ4v) is 3.88. The maximum atomic E-state index is 3.56. The number of benzene rings is 1. The molecule has 1 aromatic carbocycles. The van der Waals surface area contributed by atoms with Gasteiger partial charge < -0.3 is 25.8 Å². The molecule has 0 atom stereocenters. The average molecular weight is 341 g/mol. The van der Waals surface area contributed by atoms with Gasteiger partial charge in [0, 0.05) is 0 Å². The minimum absolute atomic E-state index is 0.0282. The van der Waals surface area contributed by atoms with Crippen molar-refractivity contribution in [3.8, 4) is 0 Å². The lowest BCUT2D eigenvalue weighted by Crippen LogP contribution is -1.85. The lowest BCUT2D eigenvalue weighted by atomic mass is 10.2. The highest BCUT2D eigenvalue weighted by atomic mass is 79.9. The van der Waals surface area contributed by atoms with Gasteiger partial charge in [0.25, 0.3) is 0 Å². The van der Waals surface area contributed by atoms with Gasteiger partial charge in [-0.3, -0.25) is 0 Å². The molecule has 1 rings (SSSR count). The van der Waals surface area contributed by atoms with Gasteiger partial charge in [-0.25, -0.2) is 0 Å². The molecule has 1 aromatic rings. The maximum absolute atomic E-state index is 3.56. The molecule has 0 heterocycles. The van der Waals surface area contributed by atoms with Crippen LogP contribution < -0.4 is 0 Å². The summed E-state index contributed by atoms with van der Waals surface area (Å²) in [5.41, 5.74) is 1.46. The minimum Gasteiger partial charge on any atom is -0.306 e. The van der Waals surface area contributed by atoms with Gasteiger partial charge in [-0.2, -0.15) is 0 Å². The summed E-state index contributed by atoms with van der Waals surface area (Å²) in [6.07, 6.45) is 1.95. The molecule has 0 unspecified atom stereocenters. The number of allylic oxidation sites excluding steroid dienone is 1. The summed E-state index contributed by atoms with van der Waals surface area (Å²) >= 11 is 7.04. The van der Waals surface area contributed by atoms with Crippen molar-refractivity contribution in [1.82, 2.24) is 0 Å². The van der Waals surface area contributed by atoms with E-state index in [0.29, 0.717) is 0 Å². The highest BCUT2D eigenvalue weighted by molar-refractivity contribution is 9.23. The molecule has 0 aromatic heterocycles. The number of hydrogen-bond donors (Lipinski definition) is 0. The molecule has 70 valence electrons. The van der Waals surface area contributed by atoms with Gasteiger partial charge >= 0.3 is 36.4 Å². The Bertz CT molecular complexity index is 227. The first-order chi connectivity index (χ1) is 6.85. The van der Waals surface area contributed by atoms with E-state index in [2.05, 4.69) is 62.7 Å². The van der Waals surface area contributed by atoms with Crippen LogP contribution in [-0.2, 0) is 4.55 Å². The summed E-state index contributed by atoms with van der Waals surface area (Å²) in [7, 11) is 0. The molecule has 0 fully saturated rings. The quantitative estimate of drug-likeness (QED) is 0.578. The minimum atomic E-state index is 0.0282. The monoisotopic (exact) mass is 338 g/mol. The fraction of sp³-hybridized carbons (Fsp3) is 0.200. The first kappa shape index (κ1) is 15.5. The van der Waals surface area contributed by atoms with Crippen LogP contribution in [0.3, 0.4) is 0 Å². The molecule has 0 saturated heterocycles. The second kappa shape index (κ2) is 12.5. The van der Waals surface area contributed by atoms with Gasteiger partial charge in [0.15, 0.2) is 0 Å². The van der Waals surface area contributed by atoms with E-state index in [1.807, 2.05) is 6.08 Å². The molecule has 14 heavy (non-hydrogen) atoms. The second-order valence-corrected chi connectivity index (χ2v) is 9.28. The highest BCUT2D eigenvalue weighted by Gasteiger charge is 1.90. The Hall–Kier alpha value is 1.45. The molecule has 0 aliphatic heterocycles. The van der Waals surface area contributed by atoms with Crippen molar-refractivity contribution in [2.75, 3.05) is 0 Å². The van der Waals surface area contributed by atoms with Crippen molar-refractivity contribution < 1.29 is 0 Å². The molecule has 0 nitrogen and oxygen atoms in total. The van der Waals surface area contributed by atoms with E-state index >= 15 is 0 Å². The Morgan fingerprint density at radius 2 is 1.79 bits per heavy atom. The Labute approximate surface area is 118 Å². The molecule has 4 heteroatoms. The predicted molar refractivity (Wildman–Crippen MR) is 74.5 cm³/mol. The third-order valence-corrected chi connectivity index (χ3v) is 5.50. The van der Waals surface area contributed by atoms with Crippen molar-refractivity contribution in [3.63, 3.8) is 0 Å². The Kier molecular flexibility index (Phi) is 13.8. The Balaban J connectivity index is 0.000000292. The fourth-order valence-electron chi connectivity index (χ4n) is 0.831. The molecule has 0 aliphatic carbocycles. The third-order valence-electron chi connectivity index (χ3n) is 1.54. The van der Waals surface area contributed by atoms with Crippen molar-refractivity contribution >= 4 is 62.2 Å². The molecule has 0 radical (unpaired) electrons. The Morgan fingerprint density at radius 1 is 1.14 bits per heavy atom. The van der Waals surface area contributed by atoms with Crippen LogP contribution in [0.4, 0.5) is 0 Å². The van der Waals surface area contributed by atoms with Crippen LogP contribution in [-0.4, -0.2) is 36.4 Å². The van der Waals surface area contributed by atoms with E-state index < -0.39 is 0 Å². The molecule has 0 N–H and O–H groups in total. The smallest absolute Gasteiger partial charge is 0.306 e. The lowest BCUT2D eigenvalue weighted by Gasteiger charge is -1.92. The number of halogens is 2. The van der Waals surface area contributed by atoms with Crippen LogP contribution >= 0.6 is 25.8 Å². The van der Waals surface area contributed by atoms with Crippen LogP contribution in [0.25, 0.3) is 0 Å². The maximum Gasteiger partial charge on any atom is 0.473 e. The molecular formula is C10H12Br2Mg2. The normalized spacial score (nSPS) is 7.57. The summed E-state index contributed by atoms with van der Waals surface area (Å²) in [5.74, 6) is 0. The predicted octanol–water partition coefficient (Wildman–Crippen LogP) is 3.81. The number of hydrogen-bond acceptors (Lipinski definition) is 0. The second-order valence-electron chi connectivity index (χ2n) is 2.69. The first-order valence-electron chi connectivity index (χ1n) is 4.62. The molecule has 0 amide bonds. The zero-order valence-electron chi connectivity index (χ0n) is 8.26. The van der Waals surface area contributed by atoms with Crippen LogP contribution in [0.15, 0.2) is 43.0 Å². The first-order valence-corrected chi connectivity index (χ1v) is 14.4. The SMILES string of the molecule is C=C[CH2][Mg][Br].[Br][Mg][CH2]c1ccccc1. The van der Waals surface area contributed by atoms with Gasteiger partial charge in [0.1, 0.15) is 0 Å². The largest absolute Gasteiger partial charge is 0.473 e. The van der Waals surface area contributed by atoms with Gasteiger partial charge in [0.05, 0.1) is 0 Å². The van der Waals surface area contributed by atoms with E-state index in [1.165, 1.54) is 14.7 Å². The van der Waals surface area contributed by atoms with Gasteiger partial charge in [-0.15, -0.1) is 21.8 Å². The molecule has 0 spiro atoms. The van der Waals surface area contributed by atoms with Crippen LogP contribution in [0.1, 0.15) is 5.56 Å². The average Bonchev–Trinajstić information content (AvgIpc) is 2.22. The van der Waals surface area contributed by atoms with Gasteiger partial charge in [-0.05, 0) is 0 Å². The summed E-state index contributed by atoms with van der Waals surface area (Å²) in [6, 6.07) is 10.6. The van der Waals surface area contributed by atoms with E-state index in [4.69, 9.17) is 0 Å². The standard InChI is InChI=1S/C7H7.C3H5.2BrH.2Mg/c1-7-5-3-2-4-6-7;1-3-2;;;;/h2-6H,1H2;3H,1-2H2;2*1H;;/q;;;;2*+1/p-2. The lowest BCUT2D eigenvalue weighted by molar-refractivity contribution is 1.40. The summed E-state index contributed by atoms with van der Waals surface area (Å²) < 4.78 is 2.47. The van der Waals surface area contributed by atoms with Gasteiger partial charge in [0.2, 0.25) is 0 Å². The molecular weight excluding hydrogens is 329 g/mol. The van der Waals surface area contributed by atoms with Crippen molar-refractivity contribution in [2.24, 2.45) is 0 Å². The highest BCUT2D eigenvalue weighted by Crippen LogP contribution is 1.98. The summed E-state index contributed by atoms with van der Waals surface area (Å²) in [5, 5.41) is 0. The van der Waals surface area contributed by atoms with E-state index in [0.717, 1.165) is 0 Å². The third kappa shape index (κ3) is 9.99. The topological polar surface area (TPSA) is 0 Å². The summed E-state index contributed by atoms with van der Waals surface area (Å²) in [4.78, 5) is 0. The van der Waals surface area contributed by atoms with E-state index in [1.54, 1.807) is 0 Å². The van der Waals surface area contributed by atoms with Gasteiger partial charge in [-0.1, -0.05) is 35.9 Å². The zero-order chi connectivity index (χ0) is 10.6. The van der Waals surface area contributed by atoms with Crippen LogP contribution in [0, 0.1) is 0 Å². The molecule has 0 bridgehead atoms.